The van der Waals surface area contributed by atoms with E-state index >= 15 is 0 Å². The number of hydrogen-bond acceptors (Lipinski definition) is 1. The van der Waals surface area contributed by atoms with Crippen LogP contribution in [0.15, 0.2) is 267 Å². The van der Waals surface area contributed by atoms with Gasteiger partial charge in [0.25, 0.3) is 0 Å². The fraction of sp³-hybridized carbons (Fsp3) is 0.0154. The second kappa shape index (κ2) is 15.8. The SMILES string of the molecule is c1ccc(-c2ccccc2N(c2cccc(-c3ccc(-n4c5ccccc5c5ccccc54)c4ccccc34)c2)c2ccc3c(c2)-c2ccccc2C3(c2ccccc2)c2ccccc2)cc1. The van der Waals surface area contributed by atoms with Gasteiger partial charge in [-0.15, -0.1) is 0 Å². The number of fused-ring (bicyclic) bond motifs is 7. The summed E-state index contributed by atoms with van der Waals surface area (Å²) in [5, 5.41) is 4.94. The molecular formula is C65H44N2. The van der Waals surface area contributed by atoms with E-state index in [1.54, 1.807) is 0 Å². The van der Waals surface area contributed by atoms with E-state index in [0.717, 1.165) is 22.6 Å². The molecule has 2 nitrogen and oxygen atoms in total. The maximum atomic E-state index is 2.47. The van der Waals surface area contributed by atoms with Gasteiger partial charge >= 0.3 is 0 Å². The van der Waals surface area contributed by atoms with Crippen LogP contribution in [0.3, 0.4) is 0 Å². The van der Waals surface area contributed by atoms with Gasteiger partial charge in [0.05, 0.1) is 27.8 Å². The average molecular weight is 853 g/mol. The lowest BCUT2D eigenvalue weighted by molar-refractivity contribution is 0.768. The minimum Gasteiger partial charge on any atom is -0.310 e. The first-order chi connectivity index (χ1) is 33.3. The molecule has 13 rings (SSSR count). The predicted molar refractivity (Wildman–Crippen MR) is 281 cm³/mol. The van der Waals surface area contributed by atoms with Gasteiger partial charge in [-0.3, -0.25) is 0 Å². The molecule has 2 heteroatoms. The van der Waals surface area contributed by atoms with Gasteiger partial charge in [0.1, 0.15) is 0 Å². The highest BCUT2D eigenvalue weighted by Gasteiger charge is 2.46. The number of aromatic nitrogens is 1. The molecule has 0 aliphatic heterocycles. The maximum absolute atomic E-state index is 2.47. The van der Waals surface area contributed by atoms with E-state index in [2.05, 4.69) is 276 Å². The van der Waals surface area contributed by atoms with Crippen molar-refractivity contribution in [2.75, 3.05) is 4.90 Å². The summed E-state index contributed by atoms with van der Waals surface area (Å²) in [5.74, 6) is 0. The smallest absolute Gasteiger partial charge is 0.0713 e. The maximum Gasteiger partial charge on any atom is 0.0713 e. The molecule has 11 aromatic carbocycles. The monoisotopic (exact) mass is 852 g/mol. The van der Waals surface area contributed by atoms with Crippen LogP contribution in [0.2, 0.25) is 0 Å². The van der Waals surface area contributed by atoms with Crippen molar-refractivity contribution in [3.05, 3.63) is 289 Å². The van der Waals surface area contributed by atoms with E-state index in [0.29, 0.717) is 0 Å². The normalized spacial score (nSPS) is 12.6. The largest absolute Gasteiger partial charge is 0.310 e. The highest BCUT2D eigenvalue weighted by atomic mass is 15.1. The molecule has 0 atom stereocenters. The van der Waals surface area contributed by atoms with Crippen molar-refractivity contribution in [2.24, 2.45) is 0 Å². The first-order valence-electron chi connectivity index (χ1n) is 23.2. The summed E-state index contributed by atoms with van der Waals surface area (Å²) in [5.41, 5.74) is 18.7. The molecule has 1 aliphatic carbocycles. The van der Waals surface area contributed by atoms with Gasteiger partial charge in [-0.2, -0.15) is 0 Å². The van der Waals surface area contributed by atoms with E-state index in [9.17, 15) is 0 Å². The molecule has 1 aromatic heterocycles. The summed E-state index contributed by atoms with van der Waals surface area (Å²) in [6, 6.07) is 98.1. The molecule has 1 aliphatic rings. The Morgan fingerprint density at radius 3 is 1.52 bits per heavy atom. The molecule has 0 unspecified atom stereocenters. The lowest BCUT2D eigenvalue weighted by Gasteiger charge is -2.34. The standard InChI is InChI=1S/C65H44N2/c1-4-21-45(22-5-1)52-29-13-17-36-61(52)66(50-39-41-60-58(44-50)54-31-12-16-35-59(54)65(60,47-24-6-2-7-25-47)48-26-8-3-9-27-48)49-28-20-23-46(43-49)51-40-42-64(55-32-11-10-30-53(51)55)67-62-37-18-14-33-56(62)57-34-15-19-38-63(57)67/h1-44H. The number of benzene rings is 11. The summed E-state index contributed by atoms with van der Waals surface area (Å²) in [6.07, 6.45) is 0. The molecule has 0 spiro atoms. The van der Waals surface area contributed by atoms with Gasteiger partial charge in [0, 0.05) is 33.1 Å². The van der Waals surface area contributed by atoms with Gasteiger partial charge in [-0.25, -0.2) is 0 Å². The minimum atomic E-state index is -0.480. The second-order valence-corrected chi connectivity index (χ2v) is 17.6. The van der Waals surface area contributed by atoms with Crippen molar-refractivity contribution in [1.82, 2.24) is 4.57 Å². The molecule has 1 heterocycles. The van der Waals surface area contributed by atoms with Crippen molar-refractivity contribution in [3.63, 3.8) is 0 Å². The summed E-state index contributed by atoms with van der Waals surface area (Å²) in [4.78, 5) is 2.47. The van der Waals surface area contributed by atoms with Crippen molar-refractivity contribution >= 4 is 49.6 Å². The Morgan fingerprint density at radius 1 is 0.299 bits per heavy atom. The molecule has 0 bridgehead atoms. The van der Waals surface area contributed by atoms with Crippen LogP contribution in [0.25, 0.3) is 71.6 Å². The van der Waals surface area contributed by atoms with Crippen LogP contribution in [0, 0.1) is 0 Å². The highest BCUT2D eigenvalue weighted by molar-refractivity contribution is 6.11. The summed E-state index contributed by atoms with van der Waals surface area (Å²) < 4.78 is 2.44. The minimum absolute atomic E-state index is 0.480. The Morgan fingerprint density at radius 2 is 0.821 bits per heavy atom. The first-order valence-corrected chi connectivity index (χ1v) is 23.2. The Balaban J connectivity index is 1.02. The van der Waals surface area contributed by atoms with Crippen molar-refractivity contribution < 1.29 is 0 Å². The fourth-order valence-electron chi connectivity index (χ4n) is 11.3. The predicted octanol–water partition coefficient (Wildman–Crippen LogP) is 17.1. The third-order valence-corrected chi connectivity index (χ3v) is 14.1. The molecule has 0 fully saturated rings. The number of rotatable bonds is 8. The van der Waals surface area contributed by atoms with E-state index in [1.807, 2.05) is 0 Å². The Hall–Kier alpha value is -8.72. The van der Waals surface area contributed by atoms with E-state index in [-0.39, 0.29) is 0 Å². The van der Waals surface area contributed by atoms with Crippen LogP contribution in [-0.2, 0) is 5.41 Å². The van der Waals surface area contributed by atoms with Gasteiger partial charge < -0.3 is 9.47 Å². The van der Waals surface area contributed by atoms with E-state index in [1.165, 1.54) is 88.3 Å². The molecule has 12 aromatic rings. The van der Waals surface area contributed by atoms with Crippen molar-refractivity contribution in [3.8, 4) is 39.1 Å². The van der Waals surface area contributed by atoms with Crippen LogP contribution in [0.5, 0.6) is 0 Å². The second-order valence-electron chi connectivity index (χ2n) is 17.6. The Kier molecular flexibility index (Phi) is 9.11. The number of nitrogens with zero attached hydrogens (tertiary/aromatic N) is 2. The molecule has 0 saturated heterocycles. The Labute approximate surface area is 390 Å². The van der Waals surface area contributed by atoms with Crippen molar-refractivity contribution in [1.29, 1.82) is 0 Å². The van der Waals surface area contributed by atoms with Crippen LogP contribution >= 0.6 is 0 Å². The third-order valence-electron chi connectivity index (χ3n) is 14.1. The quantitative estimate of drug-likeness (QED) is 0.148. The molecule has 0 saturated carbocycles. The molecule has 67 heavy (non-hydrogen) atoms. The number of hydrogen-bond donors (Lipinski definition) is 0. The Bertz CT molecular complexity index is 3720. The molecular weight excluding hydrogens is 809 g/mol. The highest BCUT2D eigenvalue weighted by Crippen LogP contribution is 2.57. The average Bonchev–Trinajstić information content (AvgIpc) is 3.90. The van der Waals surface area contributed by atoms with E-state index < -0.39 is 5.41 Å². The number of para-hydroxylation sites is 3. The molecule has 314 valence electrons. The fourth-order valence-corrected chi connectivity index (χ4v) is 11.3. The zero-order valence-electron chi connectivity index (χ0n) is 36.8. The first kappa shape index (κ1) is 38.7. The zero-order valence-corrected chi connectivity index (χ0v) is 36.8. The van der Waals surface area contributed by atoms with Crippen LogP contribution in [0.4, 0.5) is 17.1 Å². The zero-order chi connectivity index (χ0) is 44.3. The van der Waals surface area contributed by atoms with Crippen molar-refractivity contribution in [2.45, 2.75) is 5.41 Å². The molecule has 0 N–H and O–H groups in total. The van der Waals surface area contributed by atoms with Gasteiger partial charge in [-0.05, 0) is 104 Å². The molecule has 0 amide bonds. The van der Waals surface area contributed by atoms with Crippen LogP contribution < -0.4 is 4.90 Å². The topological polar surface area (TPSA) is 8.17 Å². The summed E-state index contributed by atoms with van der Waals surface area (Å²) >= 11 is 0. The van der Waals surface area contributed by atoms with Gasteiger partial charge in [-0.1, -0.05) is 218 Å². The summed E-state index contributed by atoms with van der Waals surface area (Å²) in [7, 11) is 0. The summed E-state index contributed by atoms with van der Waals surface area (Å²) in [6.45, 7) is 0. The van der Waals surface area contributed by atoms with Gasteiger partial charge in [0.15, 0.2) is 0 Å². The third kappa shape index (κ3) is 6.04. The lowest BCUT2D eigenvalue weighted by Crippen LogP contribution is -2.28. The van der Waals surface area contributed by atoms with Gasteiger partial charge in [0.2, 0.25) is 0 Å². The molecule has 0 radical (unpaired) electrons. The number of anilines is 3. The lowest BCUT2D eigenvalue weighted by atomic mass is 9.68. The van der Waals surface area contributed by atoms with E-state index in [4.69, 9.17) is 0 Å². The van der Waals surface area contributed by atoms with Crippen LogP contribution in [-0.4, -0.2) is 4.57 Å². The van der Waals surface area contributed by atoms with Crippen LogP contribution in [0.1, 0.15) is 22.3 Å².